The highest BCUT2D eigenvalue weighted by atomic mass is 32.1. The van der Waals surface area contributed by atoms with Crippen LogP contribution in [0.25, 0.3) is 43.5 Å². The maximum atomic E-state index is 6.32. The van der Waals surface area contributed by atoms with Gasteiger partial charge < -0.3 is 4.42 Å². The van der Waals surface area contributed by atoms with E-state index in [9.17, 15) is 0 Å². The third-order valence-electron chi connectivity index (χ3n) is 4.38. The Kier molecular flexibility index (Phi) is 3.03. The molecular formula is C22H14OS. The Morgan fingerprint density at radius 1 is 0.708 bits per heavy atom. The first kappa shape index (κ1) is 13.6. The number of hydrogen-bond acceptors (Lipinski definition) is 2. The quantitative estimate of drug-likeness (QED) is 0.341. The fraction of sp³-hybridized carbons (Fsp3) is 0. The lowest BCUT2D eigenvalue weighted by atomic mass is 9.99. The molecule has 0 bridgehead atoms. The summed E-state index contributed by atoms with van der Waals surface area (Å²) in [5.41, 5.74) is 3.25. The zero-order valence-electron chi connectivity index (χ0n) is 12.9. The number of furan rings is 1. The molecule has 0 unspecified atom stereocenters. The predicted molar refractivity (Wildman–Crippen MR) is 102 cm³/mol. The van der Waals surface area contributed by atoms with Crippen molar-refractivity contribution in [2.45, 2.75) is 0 Å². The summed E-state index contributed by atoms with van der Waals surface area (Å²) in [6.45, 7) is 0. The highest BCUT2D eigenvalue weighted by molar-refractivity contribution is 7.13. The first-order valence-corrected chi connectivity index (χ1v) is 8.83. The van der Waals surface area contributed by atoms with Crippen molar-refractivity contribution in [3.8, 4) is 21.8 Å². The van der Waals surface area contributed by atoms with Gasteiger partial charge in [0, 0.05) is 21.4 Å². The van der Waals surface area contributed by atoms with Crippen molar-refractivity contribution in [1.29, 1.82) is 0 Å². The smallest absolute Gasteiger partial charge is 0.144 e. The van der Waals surface area contributed by atoms with Crippen LogP contribution in [-0.2, 0) is 0 Å². The number of benzene rings is 3. The van der Waals surface area contributed by atoms with Crippen molar-refractivity contribution < 1.29 is 4.42 Å². The monoisotopic (exact) mass is 326 g/mol. The molecule has 0 fully saturated rings. The van der Waals surface area contributed by atoms with Crippen LogP contribution in [0.3, 0.4) is 0 Å². The second-order valence-corrected chi connectivity index (χ2v) is 6.76. The molecule has 1 nitrogen and oxygen atoms in total. The molecule has 0 aliphatic carbocycles. The van der Waals surface area contributed by atoms with E-state index in [0.29, 0.717) is 0 Å². The van der Waals surface area contributed by atoms with Gasteiger partial charge in [0.05, 0.1) is 0 Å². The van der Waals surface area contributed by atoms with E-state index in [1.54, 1.807) is 11.3 Å². The lowest BCUT2D eigenvalue weighted by Crippen LogP contribution is -1.79. The molecule has 114 valence electrons. The minimum absolute atomic E-state index is 0.941. The minimum atomic E-state index is 0.941. The van der Waals surface area contributed by atoms with Gasteiger partial charge in [-0.3, -0.25) is 0 Å². The Morgan fingerprint density at radius 3 is 2.38 bits per heavy atom. The fourth-order valence-corrected chi connectivity index (χ4v) is 4.09. The lowest BCUT2D eigenvalue weighted by Gasteiger charge is -2.03. The van der Waals surface area contributed by atoms with Crippen LogP contribution in [0, 0.1) is 0 Å². The van der Waals surface area contributed by atoms with Crippen LogP contribution in [0.15, 0.2) is 88.7 Å². The van der Waals surface area contributed by atoms with Gasteiger partial charge in [0.15, 0.2) is 0 Å². The molecule has 0 radical (unpaired) electrons. The molecule has 0 aliphatic heterocycles. The highest BCUT2D eigenvalue weighted by Gasteiger charge is 2.20. The van der Waals surface area contributed by atoms with Gasteiger partial charge in [0.1, 0.15) is 11.3 Å². The van der Waals surface area contributed by atoms with E-state index in [4.69, 9.17) is 4.42 Å². The van der Waals surface area contributed by atoms with E-state index in [1.807, 2.05) is 6.07 Å². The normalized spacial score (nSPS) is 11.3. The summed E-state index contributed by atoms with van der Waals surface area (Å²) in [4.78, 5) is 1.24. The number of fused-ring (bicyclic) bond motifs is 3. The summed E-state index contributed by atoms with van der Waals surface area (Å²) in [6, 6.07) is 27.4. The molecule has 2 aromatic heterocycles. The zero-order chi connectivity index (χ0) is 15.9. The van der Waals surface area contributed by atoms with Crippen molar-refractivity contribution in [3.05, 3.63) is 84.2 Å². The molecule has 0 N–H and O–H groups in total. The third-order valence-corrected chi connectivity index (χ3v) is 5.27. The molecule has 0 amide bonds. The van der Waals surface area contributed by atoms with E-state index >= 15 is 0 Å². The van der Waals surface area contributed by atoms with Crippen LogP contribution in [0.5, 0.6) is 0 Å². The summed E-state index contributed by atoms with van der Waals surface area (Å²) in [6.07, 6.45) is 0. The van der Waals surface area contributed by atoms with Crippen LogP contribution >= 0.6 is 11.3 Å². The average Bonchev–Trinajstić information content (AvgIpc) is 3.29. The van der Waals surface area contributed by atoms with Gasteiger partial charge in [-0.05, 0) is 28.3 Å². The SMILES string of the molecule is c1ccc(-c2oc3ccc4ccccc4c3c2-c2cccs2)cc1. The summed E-state index contributed by atoms with van der Waals surface area (Å²) in [7, 11) is 0. The van der Waals surface area contributed by atoms with E-state index < -0.39 is 0 Å². The van der Waals surface area contributed by atoms with Gasteiger partial charge in [-0.25, -0.2) is 0 Å². The van der Waals surface area contributed by atoms with Gasteiger partial charge in [-0.2, -0.15) is 0 Å². The largest absolute Gasteiger partial charge is 0.455 e. The standard InChI is InChI=1S/C22H14OS/c1-2-8-16(9-3-1)22-21(19-11-6-14-24-19)20-17-10-5-4-7-15(17)12-13-18(20)23-22/h1-14H. The van der Waals surface area contributed by atoms with Gasteiger partial charge >= 0.3 is 0 Å². The van der Waals surface area contributed by atoms with Crippen molar-refractivity contribution >= 4 is 33.1 Å². The van der Waals surface area contributed by atoms with E-state index in [2.05, 4.69) is 78.2 Å². The van der Waals surface area contributed by atoms with Gasteiger partial charge in [-0.15, -0.1) is 11.3 Å². The highest BCUT2D eigenvalue weighted by Crippen LogP contribution is 2.45. The van der Waals surface area contributed by atoms with Crippen LogP contribution in [-0.4, -0.2) is 0 Å². The third kappa shape index (κ3) is 2.00. The second kappa shape index (κ2) is 5.36. The maximum Gasteiger partial charge on any atom is 0.144 e. The maximum absolute atomic E-state index is 6.32. The topological polar surface area (TPSA) is 13.1 Å². The minimum Gasteiger partial charge on any atom is -0.455 e. The average molecular weight is 326 g/mol. The van der Waals surface area contributed by atoms with Crippen molar-refractivity contribution in [2.75, 3.05) is 0 Å². The first-order chi connectivity index (χ1) is 11.9. The van der Waals surface area contributed by atoms with E-state index in [-0.39, 0.29) is 0 Å². The molecule has 0 aliphatic rings. The van der Waals surface area contributed by atoms with E-state index in [0.717, 1.165) is 16.9 Å². The summed E-state index contributed by atoms with van der Waals surface area (Å²) in [5.74, 6) is 0.949. The molecule has 5 aromatic rings. The molecule has 0 saturated heterocycles. The van der Waals surface area contributed by atoms with Gasteiger partial charge in [0.2, 0.25) is 0 Å². The Balaban J connectivity index is 1.97. The molecule has 3 aromatic carbocycles. The Hall–Kier alpha value is -2.84. The Labute approximate surface area is 143 Å². The molecule has 0 saturated carbocycles. The summed E-state index contributed by atoms with van der Waals surface area (Å²) in [5, 5.41) is 5.80. The zero-order valence-corrected chi connectivity index (χ0v) is 13.7. The molecule has 2 heteroatoms. The van der Waals surface area contributed by atoms with Crippen LogP contribution in [0.2, 0.25) is 0 Å². The molecular weight excluding hydrogens is 312 g/mol. The second-order valence-electron chi connectivity index (χ2n) is 5.81. The molecule has 2 heterocycles. The Morgan fingerprint density at radius 2 is 1.54 bits per heavy atom. The predicted octanol–water partition coefficient (Wildman–Crippen LogP) is 6.98. The van der Waals surface area contributed by atoms with Crippen LogP contribution in [0.1, 0.15) is 0 Å². The Bertz CT molecular complexity index is 1130. The molecule has 5 rings (SSSR count). The number of hydrogen-bond donors (Lipinski definition) is 0. The molecule has 0 atom stereocenters. The van der Waals surface area contributed by atoms with Gasteiger partial charge in [0.25, 0.3) is 0 Å². The molecule has 0 spiro atoms. The lowest BCUT2D eigenvalue weighted by molar-refractivity contribution is 0.633. The summed E-state index contributed by atoms with van der Waals surface area (Å²) < 4.78 is 6.32. The first-order valence-electron chi connectivity index (χ1n) is 7.95. The van der Waals surface area contributed by atoms with E-state index in [1.165, 1.54) is 26.6 Å². The number of thiophene rings is 1. The van der Waals surface area contributed by atoms with Crippen LogP contribution < -0.4 is 0 Å². The summed E-state index contributed by atoms with van der Waals surface area (Å²) >= 11 is 1.75. The number of rotatable bonds is 2. The van der Waals surface area contributed by atoms with Crippen LogP contribution in [0.4, 0.5) is 0 Å². The van der Waals surface area contributed by atoms with Crippen molar-refractivity contribution in [2.24, 2.45) is 0 Å². The fourth-order valence-electron chi connectivity index (χ4n) is 3.32. The molecule has 24 heavy (non-hydrogen) atoms. The van der Waals surface area contributed by atoms with Crippen molar-refractivity contribution in [1.82, 2.24) is 0 Å². The van der Waals surface area contributed by atoms with Crippen molar-refractivity contribution in [3.63, 3.8) is 0 Å². The van der Waals surface area contributed by atoms with Gasteiger partial charge in [-0.1, -0.05) is 66.7 Å².